The molecule has 1 amide bonds. The maximum Gasteiger partial charge on any atom is 0.337 e. The maximum absolute atomic E-state index is 12.5. The van der Waals surface area contributed by atoms with E-state index in [0.29, 0.717) is 17.7 Å². The van der Waals surface area contributed by atoms with Crippen molar-refractivity contribution >= 4 is 17.6 Å². The van der Waals surface area contributed by atoms with Crippen LogP contribution in [0.3, 0.4) is 0 Å². The number of nitrogens with zero attached hydrogens (tertiary/aromatic N) is 3. The van der Waals surface area contributed by atoms with Gasteiger partial charge >= 0.3 is 5.97 Å². The molecule has 0 saturated heterocycles. The van der Waals surface area contributed by atoms with E-state index in [1.165, 1.54) is 31.4 Å². The van der Waals surface area contributed by atoms with Gasteiger partial charge in [-0.3, -0.25) is 9.59 Å². The standard InChI is InChI=1S/C18H18N4O5/c1-10-7-14(22(21-10)11(2)23)15-16(24)19-9-20-17(15)27-13-6-4-5-12(8-13)18(25)26-3/h4-6,8-9,14H,7H2,1-3H3,(H,19,20,24)/t14-/m0/s1. The molecule has 0 fully saturated rings. The number of nitrogens with one attached hydrogen (secondary N) is 1. The molecule has 9 heteroatoms. The largest absolute Gasteiger partial charge is 0.465 e. The van der Waals surface area contributed by atoms with E-state index in [2.05, 4.69) is 15.1 Å². The van der Waals surface area contributed by atoms with Gasteiger partial charge in [-0.2, -0.15) is 5.10 Å². The third-order valence-corrected chi connectivity index (χ3v) is 4.04. The van der Waals surface area contributed by atoms with Crippen LogP contribution in [-0.4, -0.2) is 39.7 Å². The minimum absolute atomic E-state index is 0.0434. The van der Waals surface area contributed by atoms with Gasteiger partial charge in [-0.05, 0) is 25.1 Å². The van der Waals surface area contributed by atoms with Crippen molar-refractivity contribution in [2.75, 3.05) is 7.11 Å². The van der Waals surface area contributed by atoms with E-state index >= 15 is 0 Å². The molecule has 140 valence electrons. The molecule has 1 aromatic carbocycles. The van der Waals surface area contributed by atoms with E-state index < -0.39 is 17.6 Å². The molecule has 1 aliphatic rings. The highest BCUT2D eigenvalue weighted by Gasteiger charge is 2.34. The van der Waals surface area contributed by atoms with Gasteiger partial charge in [0.05, 0.1) is 25.0 Å². The summed E-state index contributed by atoms with van der Waals surface area (Å²) in [5, 5.41) is 5.44. The lowest BCUT2D eigenvalue weighted by Crippen LogP contribution is -2.29. The minimum Gasteiger partial charge on any atom is -0.465 e. The summed E-state index contributed by atoms with van der Waals surface area (Å²) in [7, 11) is 1.28. The van der Waals surface area contributed by atoms with Crippen molar-refractivity contribution in [1.29, 1.82) is 0 Å². The number of benzene rings is 1. The number of amides is 1. The summed E-state index contributed by atoms with van der Waals surface area (Å²) >= 11 is 0. The van der Waals surface area contributed by atoms with Crippen LogP contribution in [0.15, 0.2) is 40.5 Å². The van der Waals surface area contributed by atoms with Crippen molar-refractivity contribution in [3.8, 4) is 11.6 Å². The summed E-state index contributed by atoms with van der Waals surface area (Å²) in [6, 6.07) is 5.70. The quantitative estimate of drug-likeness (QED) is 0.824. The van der Waals surface area contributed by atoms with E-state index in [9.17, 15) is 14.4 Å². The molecular weight excluding hydrogens is 352 g/mol. The molecule has 0 aliphatic carbocycles. The summed E-state index contributed by atoms with van der Waals surface area (Å²) in [4.78, 5) is 42.7. The molecular formula is C18H18N4O5. The fourth-order valence-electron chi connectivity index (χ4n) is 2.86. The lowest BCUT2D eigenvalue weighted by Gasteiger charge is -2.21. The third-order valence-electron chi connectivity index (χ3n) is 4.04. The van der Waals surface area contributed by atoms with Crippen molar-refractivity contribution in [2.24, 2.45) is 5.10 Å². The summed E-state index contributed by atoms with van der Waals surface area (Å²) < 4.78 is 10.5. The van der Waals surface area contributed by atoms with E-state index in [4.69, 9.17) is 9.47 Å². The zero-order valence-corrected chi connectivity index (χ0v) is 15.1. The molecule has 27 heavy (non-hydrogen) atoms. The number of esters is 1. The van der Waals surface area contributed by atoms with Gasteiger partial charge < -0.3 is 14.5 Å². The van der Waals surface area contributed by atoms with Gasteiger partial charge in [0.2, 0.25) is 11.8 Å². The number of carbonyl (C=O) groups is 2. The van der Waals surface area contributed by atoms with Gasteiger partial charge in [-0.25, -0.2) is 14.8 Å². The van der Waals surface area contributed by atoms with Crippen LogP contribution in [0.4, 0.5) is 0 Å². The second-order valence-electron chi connectivity index (χ2n) is 5.99. The summed E-state index contributed by atoms with van der Waals surface area (Å²) in [5.74, 6) is -0.454. The highest BCUT2D eigenvalue weighted by Crippen LogP contribution is 2.34. The normalized spacial score (nSPS) is 16.0. The Morgan fingerprint density at radius 3 is 2.81 bits per heavy atom. The van der Waals surface area contributed by atoms with Crippen LogP contribution >= 0.6 is 0 Å². The van der Waals surface area contributed by atoms with Crippen LogP contribution < -0.4 is 10.3 Å². The molecule has 1 aromatic heterocycles. The van der Waals surface area contributed by atoms with Crippen LogP contribution in [-0.2, 0) is 9.53 Å². The molecule has 0 saturated carbocycles. The first-order valence-corrected chi connectivity index (χ1v) is 8.18. The van der Waals surface area contributed by atoms with Gasteiger partial charge in [0.15, 0.2) is 0 Å². The highest BCUT2D eigenvalue weighted by molar-refractivity contribution is 5.90. The molecule has 9 nitrogen and oxygen atoms in total. The summed E-state index contributed by atoms with van der Waals surface area (Å²) in [6.45, 7) is 3.15. The lowest BCUT2D eigenvalue weighted by molar-refractivity contribution is -0.130. The molecule has 2 aromatic rings. The average molecular weight is 370 g/mol. The van der Waals surface area contributed by atoms with E-state index in [1.54, 1.807) is 25.1 Å². The van der Waals surface area contributed by atoms with Crippen molar-refractivity contribution in [3.63, 3.8) is 0 Å². The van der Waals surface area contributed by atoms with E-state index in [1.807, 2.05) is 0 Å². The molecule has 1 N–H and O–H groups in total. The van der Waals surface area contributed by atoms with Crippen LogP contribution in [0.5, 0.6) is 11.6 Å². The molecule has 2 heterocycles. The SMILES string of the molecule is COC(=O)c1cccc(Oc2nc[nH]c(=O)c2[C@@H]2CC(C)=NN2C(C)=O)c1. The monoisotopic (exact) mass is 370 g/mol. The van der Waals surface area contributed by atoms with Crippen molar-refractivity contribution in [1.82, 2.24) is 15.0 Å². The second-order valence-corrected chi connectivity index (χ2v) is 5.99. The number of aromatic nitrogens is 2. The Morgan fingerprint density at radius 2 is 2.11 bits per heavy atom. The zero-order chi connectivity index (χ0) is 19.6. The van der Waals surface area contributed by atoms with Gasteiger partial charge in [0.25, 0.3) is 5.56 Å². The first kappa shape index (κ1) is 18.3. The number of rotatable bonds is 4. The Balaban J connectivity index is 1.99. The Hall–Kier alpha value is -3.49. The predicted molar refractivity (Wildman–Crippen MR) is 95.7 cm³/mol. The average Bonchev–Trinajstić information content (AvgIpc) is 3.03. The lowest BCUT2D eigenvalue weighted by atomic mass is 10.0. The number of aromatic amines is 1. The third kappa shape index (κ3) is 3.71. The Bertz CT molecular complexity index is 982. The Morgan fingerprint density at radius 1 is 1.33 bits per heavy atom. The zero-order valence-electron chi connectivity index (χ0n) is 15.1. The number of methoxy groups -OCH3 is 1. The molecule has 1 atom stereocenters. The van der Waals surface area contributed by atoms with Crippen LogP contribution in [0.25, 0.3) is 0 Å². The smallest absolute Gasteiger partial charge is 0.337 e. The Kier molecular flexibility index (Phi) is 5.02. The van der Waals surface area contributed by atoms with Crippen molar-refractivity contribution in [2.45, 2.75) is 26.3 Å². The fraction of sp³-hybridized carbons (Fsp3) is 0.278. The number of H-pyrrole nitrogens is 1. The van der Waals surface area contributed by atoms with Gasteiger partial charge in [-0.1, -0.05) is 6.07 Å². The summed E-state index contributed by atoms with van der Waals surface area (Å²) in [5.41, 5.74) is 0.783. The Labute approximate surface area is 154 Å². The topological polar surface area (TPSA) is 114 Å². The van der Waals surface area contributed by atoms with E-state index in [-0.39, 0.29) is 17.4 Å². The second kappa shape index (κ2) is 7.40. The first-order chi connectivity index (χ1) is 12.9. The molecule has 0 bridgehead atoms. The number of hydrogen-bond donors (Lipinski definition) is 1. The van der Waals surface area contributed by atoms with Crippen LogP contribution in [0, 0.1) is 0 Å². The van der Waals surface area contributed by atoms with Gasteiger partial charge in [0.1, 0.15) is 11.3 Å². The molecule has 1 aliphatic heterocycles. The van der Waals surface area contributed by atoms with Crippen molar-refractivity contribution in [3.05, 3.63) is 52.1 Å². The first-order valence-electron chi connectivity index (χ1n) is 8.18. The molecule has 0 unspecified atom stereocenters. The van der Waals surface area contributed by atoms with E-state index in [0.717, 1.165) is 5.71 Å². The van der Waals surface area contributed by atoms with Crippen molar-refractivity contribution < 1.29 is 19.1 Å². The molecule has 0 radical (unpaired) electrons. The number of ether oxygens (including phenoxy) is 2. The number of hydrogen-bond acceptors (Lipinski definition) is 7. The highest BCUT2D eigenvalue weighted by atomic mass is 16.5. The fourth-order valence-corrected chi connectivity index (χ4v) is 2.86. The van der Waals surface area contributed by atoms with Gasteiger partial charge in [0, 0.05) is 19.1 Å². The predicted octanol–water partition coefficient (Wildman–Crippen LogP) is 2.02. The minimum atomic E-state index is -0.612. The molecule has 3 rings (SSSR count). The molecule has 0 spiro atoms. The maximum atomic E-state index is 12.5. The van der Waals surface area contributed by atoms with Crippen LogP contribution in [0.2, 0.25) is 0 Å². The summed E-state index contributed by atoms with van der Waals surface area (Å²) in [6.07, 6.45) is 1.61. The number of carbonyl (C=O) groups excluding carboxylic acids is 2. The van der Waals surface area contributed by atoms with Crippen LogP contribution in [0.1, 0.15) is 42.2 Å². The van der Waals surface area contributed by atoms with Gasteiger partial charge in [-0.15, -0.1) is 0 Å². The number of hydrazone groups is 1.